The Morgan fingerprint density at radius 2 is 2.29 bits per heavy atom. The quantitative estimate of drug-likeness (QED) is 0.861. The van der Waals surface area contributed by atoms with E-state index in [1.807, 2.05) is 18.2 Å². The molecule has 2 rings (SSSR count). The fourth-order valence-corrected chi connectivity index (χ4v) is 2.31. The van der Waals surface area contributed by atoms with Crippen LogP contribution in [0.15, 0.2) is 23.4 Å². The Hall–Kier alpha value is -2.08. The Bertz CT molecular complexity index is 583. The number of rotatable bonds is 5. The number of hydrogen-bond donors (Lipinski definition) is 2. The summed E-state index contributed by atoms with van der Waals surface area (Å²) < 4.78 is 5.34. The minimum Gasteiger partial charge on any atom is -0.496 e. The van der Waals surface area contributed by atoms with E-state index in [4.69, 9.17) is 15.3 Å². The van der Waals surface area contributed by atoms with Gasteiger partial charge in [0, 0.05) is 18.5 Å². The zero-order valence-electron chi connectivity index (χ0n) is 12.4. The molecule has 0 bridgehead atoms. The molecule has 0 spiro atoms. The lowest BCUT2D eigenvalue weighted by atomic mass is 9.92. The van der Waals surface area contributed by atoms with Crippen LogP contribution in [0.2, 0.25) is 0 Å². The third kappa shape index (κ3) is 2.71. The van der Waals surface area contributed by atoms with Crippen molar-refractivity contribution in [3.05, 3.63) is 29.3 Å². The van der Waals surface area contributed by atoms with Gasteiger partial charge in [-0.05, 0) is 29.7 Å². The Labute approximate surface area is 123 Å². The molecule has 0 amide bonds. The highest BCUT2D eigenvalue weighted by molar-refractivity contribution is 6.04. The van der Waals surface area contributed by atoms with Gasteiger partial charge in [-0.3, -0.25) is 0 Å². The predicted octanol–water partition coefficient (Wildman–Crippen LogP) is 1.73. The van der Waals surface area contributed by atoms with Crippen molar-refractivity contribution in [2.75, 3.05) is 13.7 Å². The highest BCUT2D eigenvalue weighted by Gasteiger charge is 2.46. The molecule has 0 aliphatic carbocycles. The number of methoxy groups -OCH3 is 1. The minimum absolute atomic E-state index is 0.122. The van der Waals surface area contributed by atoms with Gasteiger partial charge in [0.05, 0.1) is 12.8 Å². The van der Waals surface area contributed by atoms with Crippen molar-refractivity contribution in [2.45, 2.75) is 31.8 Å². The smallest absolute Gasteiger partial charge is 0.352 e. The molecule has 1 aromatic carbocycles. The summed E-state index contributed by atoms with van der Waals surface area (Å²) in [5.74, 6) is -0.0144. The summed E-state index contributed by atoms with van der Waals surface area (Å²) in [6.45, 7) is 4.01. The summed E-state index contributed by atoms with van der Waals surface area (Å²) in [5, 5.41) is 13.2. The molecule has 1 aliphatic rings. The molecule has 1 aromatic rings. The summed E-state index contributed by atoms with van der Waals surface area (Å²) in [6.07, 6.45) is 0.155. The van der Waals surface area contributed by atoms with E-state index in [9.17, 15) is 9.90 Å². The zero-order valence-corrected chi connectivity index (χ0v) is 12.4. The Morgan fingerprint density at radius 1 is 1.57 bits per heavy atom. The molecular weight excluding hydrogens is 272 g/mol. The molecule has 114 valence electrons. The number of aliphatic carboxylic acids is 1. The minimum atomic E-state index is -1.45. The third-order valence-corrected chi connectivity index (χ3v) is 3.69. The van der Waals surface area contributed by atoms with Crippen LogP contribution >= 0.6 is 0 Å². The van der Waals surface area contributed by atoms with Crippen molar-refractivity contribution in [3.63, 3.8) is 0 Å². The third-order valence-electron chi connectivity index (χ3n) is 3.69. The lowest BCUT2D eigenvalue weighted by Crippen LogP contribution is -2.45. The molecule has 3 N–H and O–H groups in total. The molecule has 0 radical (unpaired) electrons. The van der Waals surface area contributed by atoms with Crippen molar-refractivity contribution < 1.29 is 19.5 Å². The number of benzene rings is 1. The van der Waals surface area contributed by atoms with Gasteiger partial charge in [0.1, 0.15) is 5.75 Å². The molecule has 0 saturated heterocycles. The van der Waals surface area contributed by atoms with Gasteiger partial charge in [-0.1, -0.05) is 19.0 Å². The largest absolute Gasteiger partial charge is 0.496 e. The SMILES string of the molecule is COc1ccc(C2=NOC(CN)(C(=O)O)C2)cc1C(C)C. The summed E-state index contributed by atoms with van der Waals surface area (Å²) in [4.78, 5) is 16.4. The maximum atomic E-state index is 11.3. The molecule has 6 nitrogen and oxygen atoms in total. The summed E-state index contributed by atoms with van der Waals surface area (Å²) in [5.41, 5.74) is 6.54. The Balaban J connectivity index is 2.32. The molecule has 1 atom stereocenters. The van der Waals surface area contributed by atoms with Crippen LogP contribution in [0.5, 0.6) is 5.75 Å². The van der Waals surface area contributed by atoms with Crippen LogP contribution < -0.4 is 10.5 Å². The second kappa shape index (κ2) is 5.73. The number of oxime groups is 1. The van der Waals surface area contributed by atoms with Crippen LogP contribution in [-0.4, -0.2) is 36.0 Å². The normalized spacial score (nSPS) is 21.1. The first-order valence-corrected chi connectivity index (χ1v) is 6.80. The van der Waals surface area contributed by atoms with E-state index in [1.54, 1.807) is 7.11 Å². The van der Waals surface area contributed by atoms with Gasteiger partial charge >= 0.3 is 5.97 Å². The van der Waals surface area contributed by atoms with Crippen LogP contribution in [0.3, 0.4) is 0 Å². The number of ether oxygens (including phenoxy) is 1. The molecule has 1 heterocycles. The topological polar surface area (TPSA) is 94.1 Å². The maximum Gasteiger partial charge on any atom is 0.352 e. The van der Waals surface area contributed by atoms with E-state index < -0.39 is 11.6 Å². The molecule has 1 unspecified atom stereocenters. The van der Waals surface area contributed by atoms with Crippen molar-refractivity contribution >= 4 is 11.7 Å². The van der Waals surface area contributed by atoms with Crippen LogP contribution in [0, 0.1) is 0 Å². The number of nitrogens with two attached hydrogens (primary N) is 1. The number of hydrogen-bond acceptors (Lipinski definition) is 5. The van der Waals surface area contributed by atoms with E-state index in [0.717, 1.165) is 16.9 Å². The Kier molecular flexibility index (Phi) is 4.18. The van der Waals surface area contributed by atoms with E-state index >= 15 is 0 Å². The maximum absolute atomic E-state index is 11.3. The highest BCUT2D eigenvalue weighted by atomic mass is 16.7. The molecule has 21 heavy (non-hydrogen) atoms. The highest BCUT2D eigenvalue weighted by Crippen LogP contribution is 2.31. The summed E-state index contributed by atoms with van der Waals surface area (Å²) in [6, 6.07) is 5.66. The molecule has 6 heteroatoms. The molecule has 0 aromatic heterocycles. The molecule has 0 saturated carbocycles. The lowest BCUT2D eigenvalue weighted by molar-refractivity contribution is -0.161. The fraction of sp³-hybridized carbons (Fsp3) is 0.467. The number of nitrogens with zero attached hydrogens (tertiary/aromatic N) is 1. The van der Waals surface area contributed by atoms with Gasteiger partial charge in [-0.15, -0.1) is 0 Å². The second-order valence-electron chi connectivity index (χ2n) is 5.42. The summed E-state index contributed by atoms with van der Waals surface area (Å²) >= 11 is 0. The standard InChI is InChI=1S/C15H20N2O4/c1-9(2)11-6-10(4-5-13(11)20-3)12-7-15(8-16,14(18)19)21-17-12/h4-6,9H,7-8,16H2,1-3H3,(H,18,19). The van der Waals surface area contributed by atoms with Gasteiger partial charge in [-0.25, -0.2) is 4.79 Å². The van der Waals surface area contributed by atoms with Crippen LogP contribution in [0.1, 0.15) is 37.3 Å². The fourth-order valence-electron chi connectivity index (χ4n) is 2.31. The number of carbonyl (C=O) groups is 1. The van der Waals surface area contributed by atoms with Crippen molar-refractivity contribution in [2.24, 2.45) is 10.9 Å². The molecular formula is C15H20N2O4. The summed E-state index contributed by atoms with van der Waals surface area (Å²) in [7, 11) is 1.63. The first kappa shape index (κ1) is 15.3. The van der Waals surface area contributed by atoms with Crippen molar-refractivity contribution in [1.29, 1.82) is 0 Å². The van der Waals surface area contributed by atoms with Crippen LogP contribution in [0.4, 0.5) is 0 Å². The van der Waals surface area contributed by atoms with E-state index in [1.165, 1.54) is 0 Å². The lowest BCUT2D eigenvalue weighted by Gasteiger charge is -2.18. The van der Waals surface area contributed by atoms with Crippen LogP contribution in [-0.2, 0) is 9.63 Å². The number of carboxylic acids is 1. The van der Waals surface area contributed by atoms with Gasteiger partial charge in [0.2, 0.25) is 0 Å². The monoisotopic (exact) mass is 292 g/mol. The van der Waals surface area contributed by atoms with Crippen LogP contribution in [0.25, 0.3) is 0 Å². The van der Waals surface area contributed by atoms with E-state index in [-0.39, 0.29) is 18.9 Å². The average molecular weight is 292 g/mol. The van der Waals surface area contributed by atoms with Gasteiger partial charge < -0.3 is 20.4 Å². The Morgan fingerprint density at radius 3 is 2.76 bits per heavy atom. The number of carboxylic acid groups (broad SMARTS) is 1. The van der Waals surface area contributed by atoms with Crippen molar-refractivity contribution in [1.82, 2.24) is 0 Å². The van der Waals surface area contributed by atoms with Gasteiger partial charge in [0.25, 0.3) is 5.60 Å². The average Bonchev–Trinajstić information content (AvgIpc) is 2.92. The van der Waals surface area contributed by atoms with E-state index in [0.29, 0.717) is 5.71 Å². The molecule has 0 fully saturated rings. The van der Waals surface area contributed by atoms with Gasteiger partial charge in [-0.2, -0.15) is 0 Å². The van der Waals surface area contributed by atoms with Crippen molar-refractivity contribution in [3.8, 4) is 5.75 Å². The first-order chi connectivity index (χ1) is 9.93. The zero-order chi connectivity index (χ0) is 15.6. The predicted molar refractivity (Wildman–Crippen MR) is 78.7 cm³/mol. The van der Waals surface area contributed by atoms with E-state index in [2.05, 4.69) is 19.0 Å². The first-order valence-electron chi connectivity index (χ1n) is 6.80. The second-order valence-corrected chi connectivity index (χ2v) is 5.42. The van der Waals surface area contributed by atoms with Gasteiger partial charge in [0.15, 0.2) is 0 Å². The molecule has 1 aliphatic heterocycles.